The molecule has 124 valence electrons. The van der Waals surface area contributed by atoms with Crippen molar-refractivity contribution in [1.29, 1.82) is 0 Å². The number of carbonyl (C=O) groups is 2. The molecule has 2 heterocycles. The van der Waals surface area contributed by atoms with Gasteiger partial charge in [-0.15, -0.1) is 20.4 Å². The second kappa shape index (κ2) is 8.63. The Balaban J connectivity index is 1.67. The first-order chi connectivity index (χ1) is 11.1. The molecule has 2 aromatic heterocycles. The second-order valence-corrected chi connectivity index (χ2v) is 6.78. The predicted octanol–water partition coefficient (Wildman–Crippen LogP) is 2.26. The van der Waals surface area contributed by atoms with E-state index in [2.05, 4.69) is 31.0 Å². The van der Waals surface area contributed by atoms with E-state index in [4.69, 9.17) is 0 Å². The van der Waals surface area contributed by atoms with Gasteiger partial charge in [0.2, 0.25) is 22.1 Å². The molecule has 0 bridgehead atoms. The summed E-state index contributed by atoms with van der Waals surface area (Å²) in [6, 6.07) is 0. The Morgan fingerprint density at radius 2 is 1.26 bits per heavy atom. The van der Waals surface area contributed by atoms with Crippen molar-refractivity contribution < 1.29 is 9.59 Å². The molecule has 0 aromatic carbocycles. The maximum Gasteiger partial charge on any atom is 0.226 e. The average Bonchev–Trinajstić information content (AvgIpc) is 3.16. The van der Waals surface area contributed by atoms with Gasteiger partial charge in [0.25, 0.3) is 0 Å². The predicted molar refractivity (Wildman–Crippen MR) is 89.7 cm³/mol. The molecule has 2 aromatic rings. The molecule has 0 spiro atoms. The third kappa shape index (κ3) is 5.64. The minimum Gasteiger partial charge on any atom is -0.301 e. The van der Waals surface area contributed by atoms with Gasteiger partial charge in [-0.1, -0.05) is 36.5 Å². The topological polar surface area (TPSA) is 110 Å². The summed E-state index contributed by atoms with van der Waals surface area (Å²) in [5.41, 5.74) is 0. The van der Waals surface area contributed by atoms with Gasteiger partial charge >= 0.3 is 0 Å². The van der Waals surface area contributed by atoms with Crippen molar-refractivity contribution >= 4 is 44.8 Å². The first-order valence-electron chi connectivity index (χ1n) is 7.35. The Hall–Kier alpha value is -1.94. The third-order valence-electron chi connectivity index (χ3n) is 2.84. The molecule has 2 N–H and O–H groups in total. The van der Waals surface area contributed by atoms with Crippen LogP contribution in [0.2, 0.25) is 0 Å². The lowest BCUT2D eigenvalue weighted by atomic mass is 10.2. The van der Waals surface area contributed by atoms with Crippen LogP contribution in [-0.4, -0.2) is 32.2 Å². The van der Waals surface area contributed by atoms with Crippen molar-refractivity contribution in [3.05, 3.63) is 10.0 Å². The van der Waals surface area contributed by atoms with Crippen LogP contribution < -0.4 is 10.6 Å². The van der Waals surface area contributed by atoms with Gasteiger partial charge in [0.15, 0.2) is 0 Å². The molecule has 2 amide bonds. The van der Waals surface area contributed by atoms with E-state index < -0.39 is 0 Å². The van der Waals surface area contributed by atoms with Gasteiger partial charge in [-0.25, -0.2) is 0 Å². The van der Waals surface area contributed by atoms with Crippen molar-refractivity contribution in [3.8, 4) is 0 Å². The van der Waals surface area contributed by atoms with Crippen molar-refractivity contribution in [3.63, 3.8) is 0 Å². The Morgan fingerprint density at radius 3 is 1.61 bits per heavy atom. The smallest absolute Gasteiger partial charge is 0.226 e. The maximum atomic E-state index is 11.8. The fourth-order valence-electron chi connectivity index (χ4n) is 1.67. The summed E-state index contributed by atoms with van der Waals surface area (Å²) in [5.74, 6) is -0.332. The zero-order valence-corrected chi connectivity index (χ0v) is 14.6. The van der Waals surface area contributed by atoms with Crippen LogP contribution >= 0.6 is 22.7 Å². The average molecular weight is 354 g/mol. The monoisotopic (exact) mass is 354 g/mol. The molecule has 0 fully saturated rings. The Morgan fingerprint density at radius 1 is 0.826 bits per heavy atom. The van der Waals surface area contributed by atoms with Gasteiger partial charge in [-0.3, -0.25) is 9.59 Å². The van der Waals surface area contributed by atoms with Crippen molar-refractivity contribution in [2.75, 3.05) is 10.6 Å². The standard InChI is InChI=1S/C13H18N6O2S2/c1-3-10-16-18-12(22-10)14-8(20)6-5-7-9(21)15-13-19-17-11(4-2)23-13/h3-7H2,1-2H3,(H,14,18,20)(H,15,19,21). The number of amides is 2. The first-order valence-corrected chi connectivity index (χ1v) is 8.98. The van der Waals surface area contributed by atoms with E-state index in [0.717, 1.165) is 22.9 Å². The van der Waals surface area contributed by atoms with Crippen LogP contribution in [-0.2, 0) is 22.4 Å². The summed E-state index contributed by atoms with van der Waals surface area (Å²) >= 11 is 2.72. The van der Waals surface area contributed by atoms with E-state index in [1.165, 1.54) is 22.7 Å². The number of hydrogen-bond acceptors (Lipinski definition) is 8. The summed E-state index contributed by atoms with van der Waals surface area (Å²) in [6.45, 7) is 3.96. The van der Waals surface area contributed by atoms with Gasteiger partial charge in [-0.05, 0) is 19.3 Å². The van der Waals surface area contributed by atoms with Crippen LogP contribution in [0.3, 0.4) is 0 Å². The number of carbonyl (C=O) groups excluding carboxylic acids is 2. The zero-order valence-electron chi connectivity index (χ0n) is 13.0. The Labute approximate surface area is 141 Å². The van der Waals surface area contributed by atoms with Crippen LogP contribution in [0.1, 0.15) is 43.1 Å². The molecule has 0 unspecified atom stereocenters. The fourth-order valence-corrected chi connectivity index (χ4v) is 3.06. The highest BCUT2D eigenvalue weighted by atomic mass is 32.1. The van der Waals surface area contributed by atoms with E-state index in [0.29, 0.717) is 16.7 Å². The van der Waals surface area contributed by atoms with Gasteiger partial charge in [0.1, 0.15) is 10.0 Å². The van der Waals surface area contributed by atoms with Crippen LogP contribution in [0.25, 0.3) is 0 Å². The highest BCUT2D eigenvalue weighted by Gasteiger charge is 2.10. The number of aromatic nitrogens is 4. The van der Waals surface area contributed by atoms with E-state index in [1.54, 1.807) is 0 Å². The summed E-state index contributed by atoms with van der Waals surface area (Å²) in [4.78, 5) is 23.5. The minimum atomic E-state index is -0.166. The van der Waals surface area contributed by atoms with E-state index in [1.807, 2.05) is 13.8 Å². The van der Waals surface area contributed by atoms with Crippen LogP contribution in [0.15, 0.2) is 0 Å². The molecule has 10 heteroatoms. The molecule has 0 aliphatic rings. The minimum absolute atomic E-state index is 0.166. The molecular weight excluding hydrogens is 336 g/mol. The number of nitrogens with zero attached hydrogens (tertiary/aromatic N) is 4. The molecule has 2 rings (SSSR count). The van der Waals surface area contributed by atoms with E-state index in [-0.39, 0.29) is 24.7 Å². The molecule has 0 saturated heterocycles. The zero-order chi connectivity index (χ0) is 16.7. The number of nitrogens with one attached hydrogen (secondary N) is 2. The molecule has 23 heavy (non-hydrogen) atoms. The number of anilines is 2. The Kier molecular flexibility index (Phi) is 6.53. The van der Waals surface area contributed by atoms with E-state index >= 15 is 0 Å². The lowest BCUT2D eigenvalue weighted by molar-refractivity contribution is -0.117. The first kappa shape index (κ1) is 17.4. The van der Waals surface area contributed by atoms with Crippen LogP contribution in [0.4, 0.5) is 10.3 Å². The van der Waals surface area contributed by atoms with E-state index in [9.17, 15) is 9.59 Å². The van der Waals surface area contributed by atoms with Crippen LogP contribution in [0.5, 0.6) is 0 Å². The lowest BCUT2D eigenvalue weighted by Crippen LogP contribution is -2.14. The van der Waals surface area contributed by atoms with Gasteiger partial charge in [0.05, 0.1) is 0 Å². The molecule has 0 atom stereocenters. The Bertz CT molecular complexity index is 613. The van der Waals surface area contributed by atoms with Crippen LogP contribution in [0, 0.1) is 0 Å². The highest BCUT2D eigenvalue weighted by Crippen LogP contribution is 2.17. The lowest BCUT2D eigenvalue weighted by Gasteiger charge is -2.02. The maximum absolute atomic E-state index is 11.8. The number of rotatable bonds is 8. The van der Waals surface area contributed by atoms with Gasteiger partial charge < -0.3 is 10.6 Å². The summed E-state index contributed by atoms with van der Waals surface area (Å²) < 4.78 is 0. The molecule has 0 aliphatic carbocycles. The normalized spacial score (nSPS) is 10.5. The second-order valence-electron chi connectivity index (χ2n) is 4.66. The van der Waals surface area contributed by atoms with Crippen molar-refractivity contribution in [2.45, 2.75) is 46.0 Å². The van der Waals surface area contributed by atoms with Crippen molar-refractivity contribution in [2.24, 2.45) is 0 Å². The summed E-state index contributed by atoms with van der Waals surface area (Å²) in [6.07, 6.45) is 2.55. The third-order valence-corrected chi connectivity index (χ3v) is 4.80. The molecular formula is C13H18N6O2S2. The number of aryl methyl sites for hydroxylation is 2. The SMILES string of the molecule is CCc1nnc(NC(=O)CCCC(=O)Nc2nnc(CC)s2)s1. The molecule has 0 radical (unpaired) electrons. The molecule has 0 aliphatic heterocycles. The largest absolute Gasteiger partial charge is 0.301 e. The van der Waals surface area contributed by atoms with Gasteiger partial charge in [-0.2, -0.15) is 0 Å². The fraction of sp³-hybridized carbons (Fsp3) is 0.538. The highest BCUT2D eigenvalue weighted by molar-refractivity contribution is 7.15. The molecule has 0 saturated carbocycles. The number of hydrogen-bond donors (Lipinski definition) is 2. The molecule has 8 nitrogen and oxygen atoms in total. The van der Waals surface area contributed by atoms with Crippen molar-refractivity contribution in [1.82, 2.24) is 20.4 Å². The quantitative estimate of drug-likeness (QED) is 0.752. The summed E-state index contributed by atoms with van der Waals surface area (Å²) in [5, 5.41) is 23.7. The van der Waals surface area contributed by atoms with Gasteiger partial charge in [0, 0.05) is 12.8 Å². The summed E-state index contributed by atoms with van der Waals surface area (Å²) in [7, 11) is 0.